The molecule has 0 aliphatic carbocycles. The van der Waals surface area contributed by atoms with Crippen LogP contribution in [0.2, 0.25) is 0 Å². The van der Waals surface area contributed by atoms with E-state index in [1.807, 2.05) is 11.6 Å². The van der Waals surface area contributed by atoms with Gasteiger partial charge in [0.15, 0.2) is 5.69 Å². The van der Waals surface area contributed by atoms with Crippen molar-refractivity contribution in [3.05, 3.63) is 28.8 Å². The maximum absolute atomic E-state index is 11.1. The Labute approximate surface area is 105 Å². The third-order valence-corrected chi connectivity index (χ3v) is 2.47. The lowest BCUT2D eigenvalue weighted by molar-refractivity contribution is 0.0948. The summed E-state index contributed by atoms with van der Waals surface area (Å²) >= 11 is 3.31. The van der Waals surface area contributed by atoms with Crippen molar-refractivity contribution in [2.75, 3.05) is 0 Å². The van der Waals surface area contributed by atoms with E-state index < -0.39 is 5.91 Å². The van der Waals surface area contributed by atoms with Crippen LogP contribution in [0.1, 0.15) is 10.5 Å². The minimum Gasteiger partial charge on any atom is -0.289 e. The fraction of sp³-hybridized carbons (Fsp3) is 0.250. The Kier molecular flexibility index (Phi) is 3.49. The first kappa shape index (κ1) is 11.7. The Balaban J connectivity index is 1.95. The lowest BCUT2D eigenvalue weighted by atomic mass is 10.4. The smallest absolute Gasteiger partial charge is 0.287 e. The summed E-state index contributed by atoms with van der Waals surface area (Å²) in [5.41, 5.74) is 2.18. The summed E-state index contributed by atoms with van der Waals surface area (Å²) in [7, 11) is 0. The molecule has 3 N–H and O–H groups in total. The predicted octanol–water partition coefficient (Wildman–Crippen LogP) is -0.459. The molecule has 1 amide bonds. The van der Waals surface area contributed by atoms with Gasteiger partial charge in [-0.1, -0.05) is 5.21 Å². The highest BCUT2D eigenvalue weighted by Crippen LogP contribution is 2.06. The molecule has 2 aromatic rings. The van der Waals surface area contributed by atoms with Gasteiger partial charge in [0.1, 0.15) is 0 Å². The quantitative estimate of drug-likeness (QED) is 0.452. The van der Waals surface area contributed by atoms with E-state index >= 15 is 0 Å². The number of hydrogen-bond acceptors (Lipinski definition) is 5. The number of carbonyl (C=O) groups excluding carboxylic acids is 1. The van der Waals surface area contributed by atoms with Crippen molar-refractivity contribution in [3.63, 3.8) is 0 Å². The minimum atomic E-state index is -0.460. The van der Waals surface area contributed by atoms with Gasteiger partial charge in [0.25, 0.3) is 5.91 Å². The van der Waals surface area contributed by atoms with E-state index in [0.29, 0.717) is 13.1 Å². The van der Waals surface area contributed by atoms with Crippen molar-refractivity contribution in [1.29, 1.82) is 0 Å². The van der Waals surface area contributed by atoms with Gasteiger partial charge in [-0.05, 0) is 15.9 Å². The van der Waals surface area contributed by atoms with Crippen molar-refractivity contribution in [2.24, 2.45) is 5.84 Å². The van der Waals surface area contributed by atoms with Crippen molar-refractivity contribution in [3.8, 4) is 0 Å². The van der Waals surface area contributed by atoms with E-state index in [1.54, 1.807) is 15.6 Å². The van der Waals surface area contributed by atoms with Gasteiger partial charge in [-0.3, -0.25) is 14.9 Å². The normalized spacial score (nSPS) is 10.5. The topological polar surface area (TPSA) is 104 Å². The predicted molar refractivity (Wildman–Crippen MR) is 61.6 cm³/mol. The van der Waals surface area contributed by atoms with Crippen LogP contribution in [0.3, 0.4) is 0 Å². The molecule has 0 aliphatic heterocycles. The van der Waals surface area contributed by atoms with E-state index in [9.17, 15) is 4.79 Å². The van der Waals surface area contributed by atoms with Crippen LogP contribution in [0.4, 0.5) is 0 Å². The number of nitrogens with one attached hydrogen (secondary N) is 1. The number of halogens is 1. The highest BCUT2D eigenvalue weighted by molar-refractivity contribution is 9.10. The molecular formula is C8H10BrN7O. The zero-order valence-corrected chi connectivity index (χ0v) is 10.3. The second-order valence-corrected chi connectivity index (χ2v) is 4.18. The number of carbonyl (C=O) groups is 1. The molecule has 0 fully saturated rings. The van der Waals surface area contributed by atoms with Crippen LogP contribution in [0.25, 0.3) is 0 Å². The zero-order valence-electron chi connectivity index (χ0n) is 8.75. The first-order chi connectivity index (χ1) is 8.19. The number of aryl methyl sites for hydroxylation is 2. The molecule has 2 aromatic heterocycles. The summed E-state index contributed by atoms with van der Waals surface area (Å²) in [6.45, 7) is 1.21. The summed E-state index contributed by atoms with van der Waals surface area (Å²) < 4.78 is 4.23. The van der Waals surface area contributed by atoms with E-state index in [2.05, 4.69) is 31.3 Å². The Morgan fingerprint density at radius 2 is 2.18 bits per heavy atom. The fourth-order valence-corrected chi connectivity index (χ4v) is 1.58. The lowest BCUT2D eigenvalue weighted by Gasteiger charge is -2.00. The molecule has 0 bridgehead atoms. The molecule has 0 saturated heterocycles. The third kappa shape index (κ3) is 2.88. The van der Waals surface area contributed by atoms with Gasteiger partial charge in [-0.2, -0.15) is 5.10 Å². The maximum atomic E-state index is 11.1. The average molecular weight is 300 g/mol. The van der Waals surface area contributed by atoms with Gasteiger partial charge < -0.3 is 0 Å². The summed E-state index contributed by atoms with van der Waals surface area (Å²) in [6, 6.07) is 0. The van der Waals surface area contributed by atoms with E-state index in [0.717, 1.165) is 4.47 Å². The molecule has 8 nitrogen and oxygen atoms in total. The molecule has 2 rings (SSSR count). The SMILES string of the molecule is NNC(=O)c1cn(CCn2cc(Br)cn2)nn1. The molecular weight excluding hydrogens is 290 g/mol. The van der Waals surface area contributed by atoms with Crippen molar-refractivity contribution in [1.82, 2.24) is 30.2 Å². The number of hydrazine groups is 1. The molecule has 17 heavy (non-hydrogen) atoms. The maximum Gasteiger partial charge on any atom is 0.287 e. The number of amides is 1. The zero-order chi connectivity index (χ0) is 12.3. The van der Waals surface area contributed by atoms with Crippen molar-refractivity contribution in [2.45, 2.75) is 13.1 Å². The molecule has 9 heteroatoms. The van der Waals surface area contributed by atoms with Crippen LogP contribution in [-0.4, -0.2) is 30.7 Å². The molecule has 0 saturated carbocycles. The Morgan fingerprint density at radius 1 is 1.41 bits per heavy atom. The number of nitrogens with two attached hydrogens (primary N) is 1. The monoisotopic (exact) mass is 299 g/mol. The average Bonchev–Trinajstić information content (AvgIpc) is 2.94. The molecule has 2 heterocycles. The van der Waals surface area contributed by atoms with Crippen LogP contribution >= 0.6 is 15.9 Å². The van der Waals surface area contributed by atoms with Gasteiger partial charge in [-0.25, -0.2) is 10.5 Å². The Hall–Kier alpha value is -1.74. The van der Waals surface area contributed by atoms with Crippen LogP contribution in [0.15, 0.2) is 23.1 Å². The highest BCUT2D eigenvalue weighted by Gasteiger charge is 2.08. The van der Waals surface area contributed by atoms with Gasteiger partial charge in [0.05, 0.1) is 30.0 Å². The van der Waals surface area contributed by atoms with Gasteiger partial charge >= 0.3 is 0 Å². The van der Waals surface area contributed by atoms with Crippen molar-refractivity contribution >= 4 is 21.8 Å². The fourth-order valence-electron chi connectivity index (χ4n) is 1.25. The molecule has 0 atom stereocenters. The Bertz CT molecular complexity index is 519. The van der Waals surface area contributed by atoms with Crippen molar-refractivity contribution < 1.29 is 4.79 Å². The second-order valence-electron chi connectivity index (χ2n) is 3.26. The number of aromatic nitrogens is 5. The lowest BCUT2D eigenvalue weighted by Crippen LogP contribution is -2.30. The molecule has 90 valence electrons. The Morgan fingerprint density at radius 3 is 2.82 bits per heavy atom. The van der Waals surface area contributed by atoms with Crippen LogP contribution in [-0.2, 0) is 13.1 Å². The van der Waals surface area contributed by atoms with Crippen LogP contribution < -0.4 is 11.3 Å². The van der Waals surface area contributed by atoms with E-state index in [1.165, 1.54) is 6.20 Å². The summed E-state index contributed by atoms with van der Waals surface area (Å²) in [6.07, 6.45) is 5.08. The number of rotatable bonds is 4. The number of nitrogens with zero attached hydrogens (tertiary/aromatic N) is 5. The largest absolute Gasteiger partial charge is 0.289 e. The van der Waals surface area contributed by atoms with Gasteiger partial charge in [0, 0.05) is 6.20 Å². The number of hydrogen-bond donors (Lipinski definition) is 2. The molecule has 0 unspecified atom stereocenters. The van der Waals surface area contributed by atoms with Gasteiger partial charge in [0.2, 0.25) is 0 Å². The van der Waals surface area contributed by atoms with E-state index in [4.69, 9.17) is 5.84 Å². The first-order valence-electron chi connectivity index (χ1n) is 4.78. The summed E-state index contributed by atoms with van der Waals surface area (Å²) in [5, 5.41) is 11.6. The highest BCUT2D eigenvalue weighted by atomic mass is 79.9. The van der Waals surface area contributed by atoms with Crippen LogP contribution in [0, 0.1) is 0 Å². The minimum absolute atomic E-state index is 0.189. The van der Waals surface area contributed by atoms with Gasteiger partial charge in [-0.15, -0.1) is 5.10 Å². The van der Waals surface area contributed by atoms with E-state index in [-0.39, 0.29) is 5.69 Å². The molecule has 0 aromatic carbocycles. The summed E-state index contributed by atoms with van der Waals surface area (Å²) in [5.74, 6) is 4.53. The van der Waals surface area contributed by atoms with Crippen LogP contribution in [0.5, 0.6) is 0 Å². The number of nitrogen functional groups attached to an aromatic ring is 1. The second kappa shape index (κ2) is 5.06. The summed E-state index contributed by atoms with van der Waals surface area (Å²) in [4.78, 5) is 11.1. The standard InChI is InChI=1S/C8H10BrN7O/c9-6-3-11-15(4-6)1-2-16-5-7(13-14-16)8(17)12-10/h3-5H,1-2,10H2,(H,12,17). The first-order valence-corrected chi connectivity index (χ1v) is 5.57. The molecule has 0 radical (unpaired) electrons. The third-order valence-electron chi connectivity index (χ3n) is 2.06. The molecule has 0 aliphatic rings. The molecule has 0 spiro atoms.